The van der Waals surface area contributed by atoms with Gasteiger partial charge in [0.2, 0.25) is 6.29 Å². The monoisotopic (exact) mass is 463 g/mol. The van der Waals surface area contributed by atoms with Crippen LogP contribution in [0.4, 0.5) is 4.79 Å². The Labute approximate surface area is 198 Å². The zero-order valence-corrected chi connectivity index (χ0v) is 19.7. The van der Waals surface area contributed by atoms with Gasteiger partial charge in [-0.25, -0.2) is 9.89 Å². The van der Waals surface area contributed by atoms with Crippen LogP contribution in [0.3, 0.4) is 0 Å². The number of piperidine rings is 1. The van der Waals surface area contributed by atoms with Crippen LogP contribution in [0.25, 0.3) is 22.5 Å². The minimum atomic E-state index is -0.484. The number of carbonyl (C=O) groups is 1. The Morgan fingerprint density at radius 1 is 1.06 bits per heavy atom. The van der Waals surface area contributed by atoms with Gasteiger partial charge in [-0.15, -0.1) is 5.10 Å². The van der Waals surface area contributed by atoms with Crippen molar-refractivity contribution in [3.05, 3.63) is 48.0 Å². The molecule has 1 atom stereocenters. The smallest absolute Gasteiger partial charge is 0.410 e. The molecule has 1 unspecified atom stereocenters. The number of fused-ring (bicyclic) bond motifs is 1. The van der Waals surface area contributed by atoms with Gasteiger partial charge < -0.3 is 19.1 Å². The lowest BCUT2D eigenvalue weighted by Gasteiger charge is -2.38. The summed E-state index contributed by atoms with van der Waals surface area (Å²) in [5, 5.41) is 14.0. The first kappa shape index (κ1) is 22.3. The third-order valence-corrected chi connectivity index (χ3v) is 6.12. The fraction of sp³-hybridized carbons (Fsp3) is 0.440. The second-order valence-corrected chi connectivity index (χ2v) is 9.75. The van der Waals surface area contributed by atoms with Crippen molar-refractivity contribution < 1.29 is 19.0 Å². The molecule has 1 amide bonds. The van der Waals surface area contributed by atoms with Crippen LogP contribution in [0, 0.1) is 5.92 Å². The lowest BCUT2D eigenvalue weighted by molar-refractivity contribution is -0.149. The first-order chi connectivity index (χ1) is 16.4. The number of nitrogens with zero attached hydrogens (tertiary/aromatic N) is 4. The standard InChI is InChI=1S/C25H29N5O4/c1-25(2,3)34-24(31)30-12-10-18(11-13-30)23-32-15-20-14-19(8-9-21(20)33-23)16-4-6-17(7-5-16)22-26-28-29-27-22/h4-9,14,18,23H,10-13,15H2,1-3H3,(H,26,27,28,29). The number of tetrazole rings is 1. The van der Waals surface area contributed by atoms with Gasteiger partial charge in [0.15, 0.2) is 5.82 Å². The van der Waals surface area contributed by atoms with E-state index in [9.17, 15) is 4.79 Å². The molecular formula is C25H29N5O4. The molecular weight excluding hydrogens is 434 g/mol. The largest absolute Gasteiger partial charge is 0.464 e. The molecule has 9 heteroatoms. The number of aromatic amines is 1. The molecule has 178 valence electrons. The van der Waals surface area contributed by atoms with Crippen LogP contribution in [0.1, 0.15) is 39.2 Å². The molecule has 2 aromatic carbocycles. The van der Waals surface area contributed by atoms with Crippen LogP contribution in [0.2, 0.25) is 0 Å². The molecule has 0 saturated carbocycles. The minimum Gasteiger partial charge on any atom is -0.464 e. The van der Waals surface area contributed by atoms with Crippen molar-refractivity contribution in [3.8, 4) is 28.3 Å². The number of benzene rings is 2. The highest BCUT2D eigenvalue weighted by atomic mass is 16.7. The predicted octanol–water partition coefficient (Wildman–Crippen LogP) is 4.42. The van der Waals surface area contributed by atoms with Gasteiger partial charge in [-0.2, -0.15) is 0 Å². The van der Waals surface area contributed by atoms with Crippen LogP contribution in [-0.2, 0) is 16.1 Å². The van der Waals surface area contributed by atoms with Gasteiger partial charge in [0.25, 0.3) is 0 Å². The number of amides is 1. The first-order valence-electron chi connectivity index (χ1n) is 11.6. The maximum absolute atomic E-state index is 12.3. The van der Waals surface area contributed by atoms with Crippen LogP contribution in [0.15, 0.2) is 42.5 Å². The van der Waals surface area contributed by atoms with Crippen molar-refractivity contribution in [3.63, 3.8) is 0 Å². The minimum absolute atomic E-state index is 0.240. The number of aromatic nitrogens is 4. The topological polar surface area (TPSA) is 102 Å². The third-order valence-electron chi connectivity index (χ3n) is 6.12. The highest BCUT2D eigenvalue weighted by molar-refractivity contribution is 5.69. The Balaban J connectivity index is 1.20. The van der Waals surface area contributed by atoms with Gasteiger partial charge in [-0.1, -0.05) is 30.3 Å². The van der Waals surface area contributed by atoms with Crippen molar-refractivity contribution >= 4 is 6.09 Å². The molecule has 1 fully saturated rings. The third kappa shape index (κ3) is 4.89. The van der Waals surface area contributed by atoms with E-state index in [0.29, 0.717) is 25.5 Å². The molecule has 1 saturated heterocycles. The summed E-state index contributed by atoms with van der Waals surface area (Å²) in [5.74, 6) is 1.74. The van der Waals surface area contributed by atoms with E-state index >= 15 is 0 Å². The fourth-order valence-electron chi connectivity index (χ4n) is 4.33. The van der Waals surface area contributed by atoms with Gasteiger partial charge >= 0.3 is 6.09 Å². The first-order valence-corrected chi connectivity index (χ1v) is 11.6. The molecule has 0 bridgehead atoms. The zero-order chi connectivity index (χ0) is 23.7. The van der Waals surface area contributed by atoms with Gasteiger partial charge in [0, 0.05) is 30.1 Å². The molecule has 2 aliphatic rings. The molecule has 5 rings (SSSR count). The fourth-order valence-corrected chi connectivity index (χ4v) is 4.33. The number of nitrogens with one attached hydrogen (secondary N) is 1. The molecule has 34 heavy (non-hydrogen) atoms. The molecule has 0 aliphatic carbocycles. The molecule has 3 heterocycles. The summed E-state index contributed by atoms with van der Waals surface area (Å²) in [6, 6.07) is 14.3. The predicted molar refractivity (Wildman–Crippen MR) is 125 cm³/mol. The summed E-state index contributed by atoms with van der Waals surface area (Å²) >= 11 is 0. The van der Waals surface area contributed by atoms with Crippen LogP contribution in [-0.4, -0.2) is 56.6 Å². The van der Waals surface area contributed by atoms with E-state index in [4.69, 9.17) is 14.2 Å². The van der Waals surface area contributed by atoms with E-state index in [1.54, 1.807) is 4.90 Å². The second kappa shape index (κ2) is 9.06. The Morgan fingerprint density at radius 2 is 1.76 bits per heavy atom. The van der Waals surface area contributed by atoms with E-state index in [1.165, 1.54) is 0 Å². The average Bonchev–Trinajstić information content (AvgIpc) is 3.38. The molecule has 9 nitrogen and oxygen atoms in total. The van der Waals surface area contributed by atoms with E-state index in [0.717, 1.165) is 40.8 Å². The van der Waals surface area contributed by atoms with Gasteiger partial charge in [-0.3, -0.25) is 0 Å². The summed E-state index contributed by atoms with van der Waals surface area (Å²) in [4.78, 5) is 14.1. The Bertz CT molecular complexity index is 1130. The molecule has 0 spiro atoms. The quantitative estimate of drug-likeness (QED) is 0.613. The van der Waals surface area contributed by atoms with Crippen molar-refractivity contribution in [1.29, 1.82) is 0 Å². The van der Waals surface area contributed by atoms with Crippen molar-refractivity contribution in [2.75, 3.05) is 13.1 Å². The summed E-state index contributed by atoms with van der Waals surface area (Å²) < 4.78 is 17.8. The van der Waals surface area contributed by atoms with Crippen LogP contribution in [0.5, 0.6) is 5.75 Å². The average molecular weight is 464 g/mol. The summed E-state index contributed by atoms with van der Waals surface area (Å²) in [5.41, 5.74) is 3.66. The molecule has 3 aromatic rings. The highest BCUT2D eigenvalue weighted by Crippen LogP contribution is 2.35. The number of carbonyl (C=O) groups excluding carboxylic acids is 1. The summed E-state index contributed by atoms with van der Waals surface area (Å²) in [6.45, 7) is 7.45. The number of rotatable bonds is 3. The molecule has 0 radical (unpaired) electrons. The van der Waals surface area contributed by atoms with E-state index < -0.39 is 5.60 Å². The maximum atomic E-state index is 12.3. The maximum Gasteiger partial charge on any atom is 0.410 e. The van der Waals surface area contributed by atoms with Crippen LogP contribution >= 0.6 is 0 Å². The van der Waals surface area contributed by atoms with E-state index in [-0.39, 0.29) is 18.3 Å². The van der Waals surface area contributed by atoms with Crippen molar-refractivity contribution in [2.24, 2.45) is 5.92 Å². The van der Waals surface area contributed by atoms with E-state index in [1.807, 2.05) is 51.1 Å². The van der Waals surface area contributed by atoms with Crippen molar-refractivity contribution in [1.82, 2.24) is 25.5 Å². The van der Waals surface area contributed by atoms with Crippen LogP contribution < -0.4 is 4.74 Å². The number of ether oxygens (including phenoxy) is 3. The molecule has 1 N–H and O–H groups in total. The normalized spacial score (nSPS) is 18.8. The number of H-pyrrole nitrogens is 1. The highest BCUT2D eigenvalue weighted by Gasteiger charge is 2.34. The van der Waals surface area contributed by atoms with Crippen molar-refractivity contribution in [2.45, 2.75) is 52.1 Å². The Morgan fingerprint density at radius 3 is 2.44 bits per heavy atom. The number of likely N-dealkylation sites (tertiary alicyclic amines) is 1. The van der Waals surface area contributed by atoms with E-state index in [2.05, 4.69) is 32.8 Å². The van der Waals surface area contributed by atoms with Gasteiger partial charge in [-0.05, 0) is 67.3 Å². The summed E-state index contributed by atoms with van der Waals surface area (Å²) in [6.07, 6.45) is 1.10. The Hall–Kier alpha value is -3.46. The second-order valence-electron chi connectivity index (χ2n) is 9.75. The molecule has 2 aliphatic heterocycles. The molecule has 1 aromatic heterocycles. The SMILES string of the molecule is CC(C)(C)OC(=O)N1CCC(C2OCc3cc(-c4ccc(-c5nnn[nH]5)cc4)ccc3O2)CC1. The number of hydrogen-bond donors (Lipinski definition) is 1. The number of hydrogen-bond acceptors (Lipinski definition) is 7. The van der Waals surface area contributed by atoms with Gasteiger partial charge in [0.05, 0.1) is 6.61 Å². The lowest BCUT2D eigenvalue weighted by atomic mass is 9.95. The van der Waals surface area contributed by atoms with Gasteiger partial charge in [0.1, 0.15) is 11.4 Å². The zero-order valence-electron chi connectivity index (χ0n) is 19.7. The Kier molecular flexibility index (Phi) is 5.95. The summed E-state index contributed by atoms with van der Waals surface area (Å²) in [7, 11) is 0. The lowest BCUT2D eigenvalue weighted by Crippen LogP contribution is -2.45.